The van der Waals surface area contributed by atoms with Crippen LogP contribution in [0.2, 0.25) is 0 Å². The number of nitrogens with zero attached hydrogens (tertiary/aromatic N) is 2. The van der Waals surface area contributed by atoms with E-state index in [0.29, 0.717) is 11.5 Å². The molecule has 2 aromatic heterocycles. The van der Waals surface area contributed by atoms with Crippen molar-refractivity contribution in [1.29, 1.82) is 0 Å². The molecule has 29 heavy (non-hydrogen) atoms. The molecule has 2 N–H and O–H groups in total. The van der Waals surface area contributed by atoms with Crippen molar-refractivity contribution in [3.05, 3.63) is 83.5 Å². The van der Waals surface area contributed by atoms with Crippen LogP contribution in [0.3, 0.4) is 0 Å². The van der Waals surface area contributed by atoms with Gasteiger partial charge in [-0.15, -0.1) is 0 Å². The van der Waals surface area contributed by atoms with Gasteiger partial charge in [-0.3, -0.25) is 9.89 Å². The lowest BCUT2D eigenvalue weighted by Crippen LogP contribution is -2.17. The van der Waals surface area contributed by atoms with E-state index in [1.165, 1.54) is 28.1 Å². The average molecular weight is 382 g/mol. The molecule has 1 aliphatic rings. The summed E-state index contributed by atoms with van der Waals surface area (Å²) in [4.78, 5) is 12.3. The van der Waals surface area contributed by atoms with Crippen LogP contribution in [0.4, 0.5) is 0 Å². The van der Waals surface area contributed by atoms with Crippen molar-refractivity contribution >= 4 is 29.0 Å². The molecule has 6 nitrogen and oxygen atoms in total. The largest absolute Gasteiger partial charge is 0.465 e. The lowest BCUT2D eigenvalue weighted by molar-refractivity contribution is 0.0950. The first-order valence-corrected chi connectivity index (χ1v) is 9.42. The van der Waals surface area contributed by atoms with Crippen LogP contribution < -0.4 is 5.43 Å². The Bertz CT molecular complexity index is 1240. The first-order chi connectivity index (χ1) is 14.3. The Morgan fingerprint density at radius 2 is 2.03 bits per heavy atom. The second kappa shape index (κ2) is 7.24. The molecule has 0 bridgehead atoms. The Morgan fingerprint density at radius 3 is 2.90 bits per heavy atom. The fourth-order valence-electron chi connectivity index (χ4n) is 3.77. The number of aromatic amines is 1. The number of allylic oxidation sites excluding steroid dienone is 1. The molecule has 1 amide bonds. The zero-order valence-corrected chi connectivity index (χ0v) is 15.6. The number of benzene rings is 2. The van der Waals surface area contributed by atoms with E-state index in [4.69, 9.17) is 4.42 Å². The number of aromatic nitrogens is 2. The van der Waals surface area contributed by atoms with Crippen molar-refractivity contribution in [3.63, 3.8) is 0 Å². The van der Waals surface area contributed by atoms with E-state index >= 15 is 0 Å². The summed E-state index contributed by atoms with van der Waals surface area (Å²) in [5, 5.41) is 13.6. The van der Waals surface area contributed by atoms with Gasteiger partial charge in [-0.05, 0) is 65.1 Å². The van der Waals surface area contributed by atoms with Crippen LogP contribution in [0.1, 0.15) is 27.4 Å². The van der Waals surface area contributed by atoms with E-state index in [1.54, 1.807) is 30.5 Å². The molecule has 0 atom stereocenters. The van der Waals surface area contributed by atoms with Crippen LogP contribution >= 0.6 is 0 Å². The van der Waals surface area contributed by atoms with Gasteiger partial charge in [-0.25, -0.2) is 5.43 Å². The molecule has 0 radical (unpaired) electrons. The summed E-state index contributed by atoms with van der Waals surface area (Å²) >= 11 is 0. The number of rotatable bonds is 5. The van der Waals surface area contributed by atoms with Gasteiger partial charge in [0.1, 0.15) is 11.5 Å². The number of carbonyl (C=O) groups excluding carboxylic acids is 1. The predicted molar refractivity (Wildman–Crippen MR) is 113 cm³/mol. The van der Waals surface area contributed by atoms with E-state index < -0.39 is 0 Å². The van der Waals surface area contributed by atoms with Crippen LogP contribution in [0.5, 0.6) is 0 Å². The van der Waals surface area contributed by atoms with Crippen molar-refractivity contribution in [2.24, 2.45) is 5.10 Å². The molecular weight excluding hydrogens is 364 g/mol. The molecule has 0 saturated carbocycles. The van der Waals surface area contributed by atoms with Gasteiger partial charge in [0.05, 0.1) is 12.0 Å². The summed E-state index contributed by atoms with van der Waals surface area (Å²) in [7, 11) is 0. The molecule has 5 rings (SSSR count). The number of H-pyrrole nitrogens is 1. The maximum absolute atomic E-state index is 12.3. The molecule has 2 aromatic carbocycles. The molecule has 142 valence electrons. The number of hydrazone groups is 1. The maximum Gasteiger partial charge on any atom is 0.289 e. The molecule has 0 saturated heterocycles. The second-order valence-electron chi connectivity index (χ2n) is 6.87. The molecule has 4 aromatic rings. The summed E-state index contributed by atoms with van der Waals surface area (Å²) in [5.74, 6) is 0.365. The van der Waals surface area contributed by atoms with E-state index in [9.17, 15) is 4.79 Å². The average Bonchev–Trinajstić information content (AvgIpc) is 3.50. The minimum Gasteiger partial charge on any atom is -0.465 e. The van der Waals surface area contributed by atoms with Crippen molar-refractivity contribution in [3.8, 4) is 11.3 Å². The first-order valence-electron chi connectivity index (χ1n) is 9.42. The minimum atomic E-state index is -0.350. The van der Waals surface area contributed by atoms with Gasteiger partial charge in [0, 0.05) is 11.8 Å². The third-order valence-corrected chi connectivity index (χ3v) is 5.11. The molecule has 0 fully saturated rings. The van der Waals surface area contributed by atoms with E-state index in [0.717, 1.165) is 24.1 Å². The fourth-order valence-corrected chi connectivity index (χ4v) is 3.77. The number of carbonyl (C=O) groups is 1. The molecule has 0 spiro atoms. The SMILES string of the molecule is O=C(NN=CC=Cc1ccco1)c1cc(-c2ccc3c4c(cccc24)CC3)n[nH]1. The van der Waals surface area contributed by atoms with Crippen molar-refractivity contribution in [2.75, 3.05) is 0 Å². The standard InChI is InChI=1S/C23H18N4O2/c28-23(27-24-12-2-5-17-6-3-13-29-17)21-14-20(25-26-21)18-11-10-16-9-8-15-4-1-7-19(18)22(15)16/h1-7,10-14H,8-9H2,(H,25,26)(H,27,28). The highest BCUT2D eigenvalue weighted by Gasteiger charge is 2.18. The second-order valence-corrected chi connectivity index (χ2v) is 6.87. The van der Waals surface area contributed by atoms with Crippen molar-refractivity contribution in [2.45, 2.75) is 12.8 Å². The summed E-state index contributed by atoms with van der Waals surface area (Å²) in [6.07, 6.45) is 8.68. The van der Waals surface area contributed by atoms with E-state index in [1.807, 2.05) is 6.07 Å². The van der Waals surface area contributed by atoms with Gasteiger partial charge in [0.15, 0.2) is 0 Å². The van der Waals surface area contributed by atoms with Crippen LogP contribution in [0, 0.1) is 0 Å². The van der Waals surface area contributed by atoms with Gasteiger partial charge < -0.3 is 4.42 Å². The summed E-state index contributed by atoms with van der Waals surface area (Å²) in [6, 6.07) is 16.0. The van der Waals surface area contributed by atoms with Crippen LogP contribution in [-0.2, 0) is 12.8 Å². The Balaban J connectivity index is 1.34. The molecule has 0 aliphatic heterocycles. The van der Waals surface area contributed by atoms with Crippen LogP contribution in [0.25, 0.3) is 28.1 Å². The molecular formula is C23H18N4O2. The van der Waals surface area contributed by atoms with Gasteiger partial charge in [-0.1, -0.05) is 30.3 Å². The maximum atomic E-state index is 12.3. The number of hydrogen-bond acceptors (Lipinski definition) is 4. The Morgan fingerprint density at radius 1 is 1.14 bits per heavy atom. The molecule has 0 unspecified atom stereocenters. The first kappa shape index (κ1) is 17.2. The zero-order valence-electron chi connectivity index (χ0n) is 15.6. The summed E-state index contributed by atoms with van der Waals surface area (Å²) in [5.41, 5.74) is 7.37. The Labute approximate surface area is 166 Å². The number of furan rings is 1. The summed E-state index contributed by atoms with van der Waals surface area (Å²) < 4.78 is 5.18. The lowest BCUT2D eigenvalue weighted by Gasteiger charge is -2.06. The zero-order chi connectivity index (χ0) is 19.6. The normalized spacial score (nSPS) is 13.1. The number of nitrogens with one attached hydrogen (secondary N) is 2. The fraction of sp³-hybridized carbons (Fsp3) is 0.0870. The van der Waals surface area contributed by atoms with Gasteiger partial charge >= 0.3 is 0 Å². The molecule has 6 heteroatoms. The molecule has 1 aliphatic carbocycles. The smallest absolute Gasteiger partial charge is 0.289 e. The predicted octanol–water partition coefficient (Wildman–Crippen LogP) is 4.35. The number of aryl methyl sites for hydroxylation is 2. The van der Waals surface area contributed by atoms with Gasteiger partial charge in [0.25, 0.3) is 5.91 Å². The topological polar surface area (TPSA) is 83.3 Å². The van der Waals surface area contributed by atoms with Crippen LogP contribution in [-0.4, -0.2) is 22.3 Å². The lowest BCUT2D eigenvalue weighted by atomic mass is 9.98. The third kappa shape index (κ3) is 3.25. The van der Waals surface area contributed by atoms with E-state index in [-0.39, 0.29) is 5.91 Å². The molecule has 2 heterocycles. The Hall–Kier alpha value is -3.93. The minimum absolute atomic E-state index is 0.350. The van der Waals surface area contributed by atoms with Gasteiger partial charge in [-0.2, -0.15) is 10.2 Å². The highest BCUT2D eigenvalue weighted by Crippen LogP contribution is 2.36. The van der Waals surface area contributed by atoms with Crippen LogP contribution in [0.15, 0.2) is 70.4 Å². The van der Waals surface area contributed by atoms with Gasteiger partial charge in [0.2, 0.25) is 0 Å². The third-order valence-electron chi connectivity index (χ3n) is 5.11. The number of hydrogen-bond donors (Lipinski definition) is 2. The Kier molecular flexibility index (Phi) is 4.29. The summed E-state index contributed by atoms with van der Waals surface area (Å²) in [6.45, 7) is 0. The monoisotopic (exact) mass is 382 g/mol. The quantitative estimate of drug-likeness (QED) is 0.398. The van der Waals surface area contributed by atoms with Crippen molar-refractivity contribution in [1.82, 2.24) is 15.6 Å². The van der Waals surface area contributed by atoms with Crippen molar-refractivity contribution < 1.29 is 9.21 Å². The highest BCUT2D eigenvalue weighted by molar-refractivity contribution is 6.02. The van der Waals surface area contributed by atoms with E-state index in [2.05, 4.69) is 51.1 Å². The highest BCUT2D eigenvalue weighted by atomic mass is 16.3. The number of amides is 1.